The van der Waals surface area contributed by atoms with E-state index < -0.39 is 0 Å². The Balaban J connectivity index is 2.02. The van der Waals surface area contributed by atoms with E-state index in [0.717, 1.165) is 40.9 Å². The van der Waals surface area contributed by atoms with Gasteiger partial charge in [-0.1, -0.05) is 62.7 Å². The summed E-state index contributed by atoms with van der Waals surface area (Å²) in [7, 11) is 1.61. The summed E-state index contributed by atoms with van der Waals surface area (Å²) in [5.41, 5.74) is 6.13. The summed E-state index contributed by atoms with van der Waals surface area (Å²) >= 11 is 7.43. The SMILES string of the molecule is CCc1cccc(CC)c1-n1c(CC)c(C(=O)NC)cc(-c2nc(-c3ccc(Cl)cc3)cs2)c1=O. The third-order valence-corrected chi connectivity index (χ3v) is 7.30. The van der Waals surface area contributed by atoms with Crippen molar-refractivity contribution in [2.24, 2.45) is 0 Å². The number of hydrogen-bond acceptors (Lipinski definition) is 4. The number of rotatable bonds is 7. The Morgan fingerprint density at radius 3 is 2.26 bits per heavy atom. The van der Waals surface area contributed by atoms with Crippen LogP contribution >= 0.6 is 22.9 Å². The van der Waals surface area contributed by atoms with Crippen molar-refractivity contribution in [1.82, 2.24) is 14.9 Å². The minimum absolute atomic E-state index is 0.165. The van der Waals surface area contributed by atoms with Gasteiger partial charge in [0, 0.05) is 28.7 Å². The molecule has 35 heavy (non-hydrogen) atoms. The second-order valence-electron chi connectivity index (χ2n) is 8.17. The van der Waals surface area contributed by atoms with Gasteiger partial charge in [-0.2, -0.15) is 0 Å². The maximum absolute atomic E-state index is 14.1. The molecule has 1 N–H and O–H groups in total. The van der Waals surface area contributed by atoms with Gasteiger partial charge in [0.05, 0.1) is 22.5 Å². The number of carbonyl (C=O) groups is 1. The molecule has 0 saturated heterocycles. The highest BCUT2D eigenvalue weighted by atomic mass is 35.5. The van der Waals surface area contributed by atoms with Crippen LogP contribution in [0.3, 0.4) is 0 Å². The lowest BCUT2D eigenvalue weighted by Crippen LogP contribution is -2.30. The number of benzene rings is 2. The zero-order chi connectivity index (χ0) is 25.1. The van der Waals surface area contributed by atoms with Gasteiger partial charge in [-0.05, 0) is 48.6 Å². The zero-order valence-electron chi connectivity index (χ0n) is 20.3. The van der Waals surface area contributed by atoms with Crippen LogP contribution in [0.15, 0.2) is 58.7 Å². The number of aryl methyl sites for hydroxylation is 2. The highest BCUT2D eigenvalue weighted by Crippen LogP contribution is 2.31. The number of halogens is 1. The molecule has 0 spiro atoms. The molecule has 0 radical (unpaired) electrons. The first-order valence-electron chi connectivity index (χ1n) is 11.8. The maximum Gasteiger partial charge on any atom is 0.265 e. The second-order valence-corrected chi connectivity index (χ2v) is 9.46. The third kappa shape index (κ3) is 4.68. The summed E-state index contributed by atoms with van der Waals surface area (Å²) in [5, 5.41) is 5.90. The molecule has 2 heterocycles. The number of nitrogens with one attached hydrogen (secondary N) is 1. The van der Waals surface area contributed by atoms with Crippen LogP contribution in [0.25, 0.3) is 27.5 Å². The van der Waals surface area contributed by atoms with Gasteiger partial charge in [0.2, 0.25) is 0 Å². The fourth-order valence-corrected chi connectivity index (χ4v) is 5.34. The van der Waals surface area contributed by atoms with Crippen molar-refractivity contribution in [1.29, 1.82) is 0 Å². The number of hydrogen-bond donors (Lipinski definition) is 1. The van der Waals surface area contributed by atoms with Gasteiger partial charge in [0.15, 0.2) is 0 Å². The van der Waals surface area contributed by atoms with Crippen LogP contribution in [0.1, 0.15) is 48.0 Å². The summed E-state index contributed by atoms with van der Waals surface area (Å²) in [5.74, 6) is -0.224. The third-order valence-electron chi connectivity index (χ3n) is 6.17. The molecule has 5 nitrogen and oxygen atoms in total. The molecule has 4 rings (SSSR count). The summed E-state index contributed by atoms with van der Waals surface area (Å²) in [6, 6.07) is 15.3. The van der Waals surface area contributed by atoms with Crippen molar-refractivity contribution in [2.45, 2.75) is 40.0 Å². The van der Waals surface area contributed by atoms with E-state index in [0.29, 0.717) is 33.3 Å². The molecule has 2 aromatic heterocycles. The van der Waals surface area contributed by atoms with Gasteiger partial charge in [-0.15, -0.1) is 11.3 Å². The Morgan fingerprint density at radius 1 is 1.03 bits per heavy atom. The largest absolute Gasteiger partial charge is 0.355 e. The number of thiazole rings is 1. The van der Waals surface area contributed by atoms with E-state index in [9.17, 15) is 9.59 Å². The molecule has 0 aliphatic carbocycles. The molecule has 0 saturated carbocycles. The number of amides is 1. The number of carbonyl (C=O) groups excluding carboxylic acids is 1. The molecular formula is C28H28ClN3O2S. The van der Waals surface area contributed by atoms with Gasteiger partial charge in [-0.3, -0.25) is 14.2 Å². The van der Waals surface area contributed by atoms with Gasteiger partial charge in [0.1, 0.15) is 5.01 Å². The van der Waals surface area contributed by atoms with Crippen LogP contribution in [0.5, 0.6) is 0 Å². The van der Waals surface area contributed by atoms with Crippen LogP contribution in [-0.4, -0.2) is 22.5 Å². The van der Waals surface area contributed by atoms with E-state index in [1.165, 1.54) is 11.3 Å². The molecule has 1 amide bonds. The van der Waals surface area contributed by atoms with E-state index in [1.54, 1.807) is 17.7 Å². The van der Waals surface area contributed by atoms with Crippen molar-refractivity contribution < 1.29 is 4.79 Å². The first-order valence-corrected chi connectivity index (χ1v) is 13.0. The molecule has 7 heteroatoms. The zero-order valence-corrected chi connectivity index (χ0v) is 21.9. The highest BCUT2D eigenvalue weighted by molar-refractivity contribution is 7.13. The lowest BCUT2D eigenvalue weighted by Gasteiger charge is -2.22. The molecule has 0 aliphatic rings. The summed E-state index contributed by atoms with van der Waals surface area (Å²) in [6.45, 7) is 6.13. The molecule has 4 aromatic rings. The van der Waals surface area contributed by atoms with E-state index in [1.807, 2.05) is 42.6 Å². The van der Waals surface area contributed by atoms with Crippen molar-refractivity contribution in [2.75, 3.05) is 7.05 Å². The standard InChI is InChI=1S/C28H28ClN3O2S/c1-5-17-9-8-10-18(6-2)25(17)32-24(7-3)21(26(33)30-4)15-22(28(32)34)27-31-23(16-35-27)19-11-13-20(29)14-12-19/h8-16H,5-7H2,1-4H3,(H,30,33). The van der Waals surface area contributed by atoms with Crippen LogP contribution < -0.4 is 10.9 Å². The molecule has 0 unspecified atom stereocenters. The predicted molar refractivity (Wildman–Crippen MR) is 145 cm³/mol. The summed E-state index contributed by atoms with van der Waals surface area (Å²) < 4.78 is 1.75. The Morgan fingerprint density at radius 2 is 1.69 bits per heavy atom. The summed E-state index contributed by atoms with van der Waals surface area (Å²) in [6.07, 6.45) is 2.08. The lowest BCUT2D eigenvalue weighted by atomic mass is 10.00. The average Bonchev–Trinajstić information content (AvgIpc) is 3.37. The Labute approximate surface area is 214 Å². The van der Waals surface area contributed by atoms with Crippen molar-refractivity contribution in [3.05, 3.63) is 91.7 Å². The van der Waals surface area contributed by atoms with Crippen molar-refractivity contribution >= 4 is 28.8 Å². The van der Waals surface area contributed by atoms with Crippen LogP contribution in [0, 0.1) is 0 Å². The van der Waals surface area contributed by atoms with Gasteiger partial charge >= 0.3 is 0 Å². The van der Waals surface area contributed by atoms with Crippen LogP contribution in [-0.2, 0) is 19.3 Å². The first-order chi connectivity index (χ1) is 16.9. The van der Waals surface area contributed by atoms with Gasteiger partial charge < -0.3 is 5.32 Å². The van der Waals surface area contributed by atoms with E-state index in [2.05, 4.69) is 31.3 Å². The normalized spacial score (nSPS) is 11.0. The number of nitrogens with zero attached hydrogens (tertiary/aromatic N) is 2. The lowest BCUT2D eigenvalue weighted by molar-refractivity contribution is 0.0961. The smallest absolute Gasteiger partial charge is 0.265 e. The fourth-order valence-electron chi connectivity index (χ4n) is 4.38. The highest BCUT2D eigenvalue weighted by Gasteiger charge is 2.24. The first kappa shape index (κ1) is 24.9. The summed E-state index contributed by atoms with van der Waals surface area (Å²) in [4.78, 5) is 31.9. The van der Waals surface area contributed by atoms with E-state index in [-0.39, 0.29) is 11.5 Å². The Kier molecular flexibility index (Phi) is 7.53. The van der Waals surface area contributed by atoms with Crippen molar-refractivity contribution in [3.8, 4) is 27.5 Å². The van der Waals surface area contributed by atoms with E-state index >= 15 is 0 Å². The fraction of sp³-hybridized carbons (Fsp3) is 0.250. The molecule has 0 bridgehead atoms. The molecule has 0 atom stereocenters. The van der Waals surface area contributed by atoms with Gasteiger partial charge in [0.25, 0.3) is 11.5 Å². The van der Waals surface area contributed by atoms with Crippen LogP contribution in [0.2, 0.25) is 5.02 Å². The van der Waals surface area contributed by atoms with E-state index in [4.69, 9.17) is 16.6 Å². The molecule has 2 aromatic carbocycles. The molecule has 0 fully saturated rings. The number of pyridine rings is 1. The number of aromatic nitrogens is 2. The number of para-hydroxylation sites is 1. The Hall–Kier alpha value is -3.22. The predicted octanol–water partition coefficient (Wildman–Crippen LogP) is 6.33. The molecular weight excluding hydrogens is 478 g/mol. The average molecular weight is 506 g/mol. The second kappa shape index (κ2) is 10.6. The molecule has 0 aliphatic heterocycles. The maximum atomic E-state index is 14.1. The Bertz CT molecular complexity index is 1420. The topological polar surface area (TPSA) is 64.0 Å². The van der Waals surface area contributed by atoms with Crippen molar-refractivity contribution in [3.63, 3.8) is 0 Å². The minimum Gasteiger partial charge on any atom is -0.355 e. The van der Waals surface area contributed by atoms with Crippen LogP contribution in [0.4, 0.5) is 0 Å². The van der Waals surface area contributed by atoms with Gasteiger partial charge in [-0.25, -0.2) is 4.98 Å². The monoisotopic (exact) mass is 505 g/mol. The quantitative estimate of drug-likeness (QED) is 0.319. The minimum atomic E-state index is -0.224. The molecule has 180 valence electrons.